The molecule has 23 heavy (non-hydrogen) atoms. The molecule has 0 unspecified atom stereocenters. The van der Waals surface area contributed by atoms with Gasteiger partial charge in [0.05, 0.1) is 12.8 Å². The van der Waals surface area contributed by atoms with Crippen molar-refractivity contribution in [3.8, 4) is 22.8 Å². The van der Waals surface area contributed by atoms with Gasteiger partial charge in [-0.2, -0.15) is 4.98 Å². The van der Waals surface area contributed by atoms with Crippen LogP contribution in [0.3, 0.4) is 0 Å². The molecule has 0 atom stereocenters. The molecule has 0 bridgehead atoms. The fourth-order valence-corrected chi connectivity index (χ4v) is 2.28. The van der Waals surface area contributed by atoms with Gasteiger partial charge in [-0.05, 0) is 18.2 Å². The molecule has 2 heterocycles. The second-order valence-electron chi connectivity index (χ2n) is 4.82. The lowest BCUT2D eigenvalue weighted by molar-refractivity contribution is 0.373. The van der Waals surface area contributed by atoms with E-state index in [0.717, 1.165) is 4.57 Å². The number of benzene rings is 1. The highest BCUT2D eigenvalue weighted by atomic mass is 16.5. The maximum absolute atomic E-state index is 12.4. The third kappa shape index (κ3) is 2.27. The van der Waals surface area contributed by atoms with Crippen molar-refractivity contribution in [2.24, 2.45) is 7.05 Å². The molecular formula is C14H12N4O5. The van der Waals surface area contributed by atoms with Crippen LogP contribution in [0.15, 0.2) is 32.6 Å². The summed E-state index contributed by atoms with van der Waals surface area (Å²) in [6.45, 7) is 0. The first-order valence-electron chi connectivity index (χ1n) is 6.53. The molecule has 2 aromatic heterocycles. The Kier molecular flexibility index (Phi) is 3.25. The number of ether oxygens (including phenoxy) is 1. The van der Waals surface area contributed by atoms with E-state index in [1.807, 2.05) is 0 Å². The Morgan fingerprint density at radius 2 is 1.96 bits per heavy atom. The highest BCUT2D eigenvalue weighted by molar-refractivity contribution is 5.89. The van der Waals surface area contributed by atoms with Crippen molar-refractivity contribution in [1.29, 1.82) is 0 Å². The molecule has 0 aliphatic heterocycles. The van der Waals surface area contributed by atoms with E-state index in [1.54, 1.807) is 6.07 Å². The summed E-state index contributed by atoms with van der Waals surface area (Å²) >= 11 is 0. The average Bonchev–Trinajstić information content (AvgIpc) is 2.51. The van der Waals surface area contributed by atoms with Crippen LogP contribution in [-0.4, -0.2) is 31.7 Å². The second-order valence-corrected chi connectivity index (χ2v) is 4.82. The number of hydrogen-bond donors (Lipinski definition) is 3. The zero-order valence-electron chi connectivity index (χ0n) is 12.2. The van der Waals surface area contributed by atoms with Crippen molar-refractivity contribution in [3.05, 3.63) is 49.5 Å². The number of aromatic hydroxyl groups is 1. The topological polar surface area (TPSA) is 130 Å². The molecule has 0 aliphatic rings. The lowest BCUT2D eigenvalue weighted by Crippen LogP contribution is -2.34. The van der Waals surface area contributed by atoms with E-state index < -0.39 is 16.9 Å². The third-order valence-corrected chi connectivity index (χ3v) is 3.45. The van der Waals surface area contributed by atoms with Crippen LogP contribution in [0.1, 0.15) is 0 Å². The molecule has 0 radical (unpaired) electrons. The summed E-state index contributed by atoms with van der Waals surface area (Å²) in [5.74, 6) is 0.0906. The molecular weight excluding hydrogens is 304 g/mol. The van der Waals surface area contributed by atoms with Crippen molar-refractivity contribution in [3.63, 3.8) is 0 Å². The van der Waals surface area contributed by atoms with E-state index >= 15 is 0 Å². The number of aromatic nitrogens is 4. The number of methoxy groups -OCH3 is 1. The SMILES string of the molecule is COc1ccc(-c2[nH]c(=O)nc3[nH]c(=O)n(C)c(=O)c23)cc1O. The molecule has 0 aliphatic carbocycles. The van der Waals surface area contributed by atoms with Crippen molar-refractivity contribution in [1.82, 2.24) is 19.5 Å². The van der Waals surface area contributed by atoms with Gasteiger partial charge in [0.2, 0.25) is 0 Å². The number of H-pyrrole nitrogens is 2. The molecule has 3 rings (SSSR count). The number of nitrogens with one attached hydrogen (secondary N) is 2. The summed E-state index contributed by atoms with van der Waals surface area (Å²) < 4.78 is 5.83. The minimum Gasteiger partial charge on any atom is -0.504 e. The Balaban J connectivity index is 2.44. The Hall–Kier alpha value is -3.36. The molecule has 9 heteroatoms. The number of phenols is 1. The van der Waals surface area contributed by atoms with E-state index in [0.29, 0.717) is 5.56 Å². The second kappa shape index (κ2) is 5.13. The quantitative estimate of drug-likeness (QED) is 0.594. The summed E-state index contributed by atoms with van der Waals surface area (Å²) in [5, 5.41) is 9.93. The summed E-state index contributed by atoms with van der Waals surface area (Å²) in [5.41, 5.74) is -1.62. The van der Waals surface area contributed by atoms with Crippen LogP contribution in [-0.2, 0) is 7.05 Å². The van der Waals surface area contributed by atoms with Crippen LogP contribution >= 0.6 is 0 Å². The lowest BCUT2D eigenvalue weighted by atomic mass is 10.1. The predicted molar refractivity (Wildman–Crippen MR) is 81.9 cm³/mol. The first-order valence-corrected chi connectivity index (χ1v) is 6.53. The van der Waals surface area contributed by atoms with Gasteiger partial charge in [-0.25, -0.2) is 9.59 Å². The van der Waals surface area contributed by atoms with Crippen molar-refractivity contribution < 1.29 is 9.84 Å². The van der Waals surface area contributed by atoms with Gasteiger partial charge in [0.15, 0.2) is 17.1 Å². The summed E-state index contributed by atoms with van der Waals surface area (Å²) in [6, 6.07) is 4.40. The van der Waals surface area contributed by atoms with E-state index in [4.69, 9.17) is 4.74 Å². The Morgan fingerprint density at radius 3 is 2.61 bits per heavy atom. The van der Waals surface area contributed by atoms with Crippen LogP contribution in [0.25, 0.3) is 22.3 Å². The van der Waals surface area contributed by atoms with Gasteiger partial charge >= 0.3 is 11.4 Å². The van der Waals surface area contributed by atoms with E-state index in [1.165, 1.54) is 26.3 Å². The van der Waals surface area contributed by atoms with Crippen LogP contribution < -0.4 is 21.7 Å². The van der Waals surface area contributed by atoms with E-state index in [-0.39, 0.29) is 28.2 Å². The van der Waals surface area contributed by atoms with E-state index in [2.05, 4.69) is 15.0 Å². The Morgan fingerprint density at radius 1 is 1.22 bits per heavy atom. The molecule has 0 spiro atoms. The molecule has 0 fully saturated rings. The fourth-order valence-electron chi connectivity index (χ4n) is 2.28. The number of phenolic OH excluding ortho intramolecular Hbond substituents is 1. The van der Waals surface area contributed by atoms with Gasteiger partial charge in [0, 0.05) is 12.6 Å². The normalized spacial score (nSPS) is 10.9. The molecule has 3 aromatic rings. The smallest absolute Gasteiger partial charge is 0.347 e. The largest absolute Gasteiger partial charge is 0.504 e. The van der Waals surface area contributed by atoms with Gasteiger partial charge < -0.3 is 14.8 Å². The van der Waals surface area contributed by atoms with E-state index in [9.17, 15) is 19.5 Å². The Bertz CT molecular complexity index is 1090. The monoisotopic (exact) mass is 316 g/mol. The van der Waals surface area contributed by atoms with Gasteiger partial charge in [-0.15, -0.1) is 0 Å². The molecule has 0 amide bonds. The van der Waals surface area contributed by atoms with Gasteiger partial charge in [0.1, 0.15) is 5.39 Å². The van der Waals surface area contributed by atoms with Crippen molar-refractivity contribution in [2.75, 3.05) is 7.11 Å². The van der Waals surface area contributed by atoms with Crippen LogP contribution in [0.5, 0.6) is 11.5 Å². The summed E-state index contributed by atoms with van der Waals surface area (Å²) in [6.07, 6.45) is 0. The minimum absolute atomic E-state index is 0.0382. The van der Waals surface area contributed by atoms with Crippen LogP contribution in [0.2, 0.25) is 0 Å². The fraction of sp³-hybridized carbons (Fsp3) is 0.143. The molecule has 9 nitrogen and oxygen atoms in total. The van der Waals surface area contributed by atoms with Gasteiger partial charge in [0.25, 0.3) is 5.56 Å². The van der Waals surface area contributed by atoms with Crippen molar-refractivity contribution in [2.45, 2.75) is 0 Å². The number of rotatable bonds is 2. The lowest BCUT2D eigenvalue weighted by Gasteiger charge is -2.09. The van der Waals surface area contributed by atoms with Gasteiger partial charge in [-0.3, -0.25) is 14.3 Å². The molecule has 1 aromatic carbocycles. The summed E-state index contributed by atoms with van der Waals surface area (Å²) in [4.78, 5) is 44.2. The molecule has 0 saturated carbocycles. The molecule has 118 valence electrons. The highest BCUT2D eigenvalue weighted by Gasteiger charge is 2.15. The average molecular weight is 316 g/mol. The van der Waals surface area contributed by atoms with Crippen LogP contribution in [0.4, 0.5) is 0 Å². The maximum atomic E-state index is 12.4. The first kappa shape index (κ1) is 14.6. The highest BCUT2D eigenvalue weighted by Crippen LogP contribution is 2.31. The van der Waals surface area contributed by atoms with Gasteiger partial charge in [-0.1, -0.05) is 0 Å². The molecule has 0 saturated heterocycles. The number of aromatic amines is 2. The first-order chi connectivity index (χ1) is 10.9. The Labute approximate surface area is 127 Å². The zero-order valence-corrected chi connectivity index (χ0v) is 12.2. The number of hydrogen-bond acceptors (Lipinski definition) is 6. The van der Waals surface area contributed by atoms with Crippen LogP contribution in [0, 0.1) is 0 Å². The maximum Gasteiger partial charge on any atom is 0.347 e. The number of fused-ring (bicyclic) bond motifs is 1. The predicted octanol–water partition coefficient (Wildman–Crippen LogP) is -0.309. The standard InChI is InChI=1S/C14H12N4O5/c1-18-12(20)9-10(6-3-4-8(23-2)7(19)5-6)15-13(21)16-11(9)17-14(18)22/h3-5,19H,1-2H3,(H2,15,16,17,21,22). The minimum atomic E-state index is -0.730. The summed E-state index contributed by atoms with van der Waals surface area (Å²) in [7, 11) is 2.71. The number of nitrogens with zero attached hydrogens (tertiary/aromatic N) is 2. The third-order valence-electron chi connectivity index (χ3n) is 3.45. The zero-order chi connectivity index (χ0) is 16.7. The molecule has 3 N–H and O–H groups in total. The van der Waals surface area contributed by atoms with Crippen molar-refractivity contribution >= 4 is 11.0 Å².